The van der Waals surface area contributed by atoms with Gasteiger partial charge in [0.05, 0.1) is 28.4 Å². The summed E-state index contributed by atoms with van der Waals surface area (Å²) in [7, 11) is -0.243. The number of hydrazine groups is 1. The third kappa shape index (κ3) is 10.8. The van der Waals surface area contributed by atoms with Gasteiger partial charge in [-0.25, -0.2) is 33.1 Å². The molecular weight excluding hydrogens is 872 g/mol. The SMILES string of the molecule is CC[C@H]1OC(=O)[C@H](C)C(=O)[C@H](C)[C@@H](O[C@@H]2O[C@H](C)C[C@H](N(C)CCc3cn([C@H](CF)[C@H](O)c4ccc(S(C)(=O)=O)cc4)nn3)[C@H]2O)[C@](C)(OC)C[C@@H](C)C(=O)[C@H](C)[C@@H]2N(N)C(=O)O[C@@]21C. The zero-order chi connectivity index (χ0) is 48.5. The van der Waals surface area contributed by atoms with E-state index >= 15 is 0 Å². The number of ketones is 2. The van der Waals surface area contributed by atoms with E-state index in [1.54, 1.807) is 48.6 Å². The predicted molar refractivity (Wildman–Crippen MR) is 231 cm³/mol. The second kappa shape index (κ2) is 20.5. The number of hydrogen-bond acceptors (Lipinski definition) is 17. The molecule has 3 aliphatic heterocycles. The molecule has 5 rings (SSSR count). The molecule has 19 nitrogen and oxygen atoms in total. The summed E-state index contributed by atoms with van der Waals surface area (Å²) in [5.74, 6) is 0.490. The fraction of sp³-hybridized carbons (Fsp3) is 0.727. The molecule has 0 unspecified atom stereocenters. The lowest BCUT2D eigenvalue weighted by atomic mass is 9.73. The number of carbonyl (C=O) groups excluding carboxylic acids is 4. The molecule has 3 saturated heterocycles. The van der Waals surface area contributed by atoms with Crippen molar-refractivity contribution in [2.75, 3.05) is 33.6 Å². The molecule has 0 radical (unpaired) electrons. The van der Waals surface area contributed by atoms with Crippen molar-refractivity contribution < 1.29 is 65.9 Å². The van der Waals surface area contributed by atoms with E-state index in [9.17, 15) is 42.2 Å². The first-order valence-electron chi connectivity index (χ1n) is 22.1. The van der Waals surface area contributed by atoms with Gasteiger partial charge in [0.15, 0.2) is 27.5 Å². The second-order valence-electron chi connectivity index (χ2n) is 18.6. The normalized spacial score (nSPS) is 35.3. The molecule has 3 fully saturated rings. The first kappa shape index (κ1) is 52.0. The molecule has 0 bridgehead atoms. The minimum Gasteiger partial charge on any atom is -0.458 e. The third-order valence-electron chi connectivity index (χ3n) is 13.8. The van der Waals surface area contributed by atoms with E-state index in [1.807, 2.05) is 11.8 Å². The number of halogens is 1. The average molecular weight is 939 g/mol. The number of fused-ring (bicyclic) bond motifs is 1. The van der Waals surface area contributed by atoms with Crippen molar-refractivity contribution in [3.05, 3.63) is 41.7 Å². The number of rotatable bonds is 13. The van der Waals surface area contributed by atoms with Gasteiger partial charge in [-0.15, -0.1) is 5.10 Å². The number of carbonyl (C=O) groups is 4. The molecule has 65 heavy (non-hydrogen) atoms. The van der Waals surface area contributed by atoms with Crippen molar-refractivity contribution in [3.63, 3.8) is 0 Å². The van der Waals surface area contributed by atoms with Crippen LogP contribution in [0, 0.1) is 23.7 Å². The fourth-order valence-corrected chi connectivity index (χ4v) is 10.4. The van der Waals surface area contributed by atoms with E-state index < -0.39 is 124 Å². The van der Waals surface area contributed by atoms with Crippen LogP contribution in [0.1, 0.15) is 98.1 Å². The number of aliphatic hydroxyl groups excluding tert-OH is 2. The lowest BCUT2D eigenvalue weighted by Gasteiger charge is -2.47. The van der Waals surface area contributed by atoms with Crippen molar-refractivity contribution in [3.8, 4) is 0 Å². The maximum atomic E-state index is 14.4. The van der Waals surface area contributed by atoms with Gasteiger partial charge in [0, 0.05) is 56.3 Å². The second-order valence-corrected chi connectivity index (χ2v) is 20.6. The Morgan fingerprint density at radius 3 is 2.29 bits per heavy atom. The van der Waals surface area contributed by atoms with E-state index in [2.05, 4.69) is 10.3 Å². The molecule has 15 atom stereocenters. The third-order valence-corrected chi connectivity index (χ3v) is 14.9. The zero-order valence-corrected chi connectivity index (χ0v) is 39.9. The number of nitrogens with two attached hydrogens (primary N) is 1. The highest BCUT2D eigenvalue weighted by atomic mass is 32.2. The van der Waals surface area contributed by atoms with Crippen LogP contribution in [0.2, 0.25) is 0 Å². The number of hydrogen-bond donors (Lipinski definition) is 3. The predicted octanol–water partition coefficient (Wildman–Crippen LogP) is 2.92. The summed E-state index contributed by atoms with van der Waals surface area (Å²) in [5, 5.41) is 32.1. The van der Waals surface area contributed by atoms with Crippen LogP contribution in [0.3, 0.4) is 0 Å². The van der Waals surface area contributed by atoms with Gasteiger partial charge < -0.3 is 38.8 Å². The summed E-state index contributed by atoms with van der Waals surface area (Å²) in [6, 6.07) is 2.83. The van der Waals surface area contributed by atoms with E-state index in [0.29, 0.717) is 30.6 Å². The van der Waals surface area contributed by atoms with Gasteiger partial charge in [0.2, 0.25) is 0 Å². The Hall–Kier alpha value is -3.96. The highest BCUT2D eigenvalue weighted by Crippen LogP contribution is 2.42. The van der Waals surface area contributed by atoms with Crippen molar-refractivity contribution in [1.29, 1.82) is 0 Å². The number of ether oxygens (including phenoxy) is 5. The van der Waals surface area contributed by atoms with Gasteiger partial charge in [-0.05, 0) is 71.7 Å². The molecule has 21 heteroatoms. The number of aliphatic hydroxyl groups is 2. The Kier molecular flexibility index (Phi) is 16.4. The maximum Gasteiger partial charge on any atom is 0.425 e. The van der Waals surface area contributed by atoms with Crippen LogP contribution in [0.5, 0.6) is 0 Å². The molecule has 0 saturated carbocycles. The van der Waals surface area contributed by atoms with Gasteiger partial charge in [-0.2, -0.15) is 0 Å². The van der Waals surface area contributed by atoms with Crippen LogP contribution in [0.15, 0.2) is 35.4 Å². The van der Waals surface area contributed by atoms with Crippen LogP contribution in [0.25, 0.3) is 0 Å². The smallest absolute Gasteiger partial charge is 0.425 e. The summed E-state index contributed by atoms with van der Waals surface area (Å²) < 4.78 is 70.0. The van der Waals surface area contributed by atoms with E-state index in [1.165, 1.54) is 49.2 Å². The van der Waals surface area contributed by atoms with Crippen molar-refractivity contribution >= 4 is 33.5 Å². The van der Waals surface area contributed by atoms with Crippen molar-refractivity contribution in [2.24, 2.45) is 29.5 Å². The van der Waals surface area contributed by atoms with Gasteiger partial charge in [0.1, 0.15) is 48.8 Å². The average Bonchev–Trinajstić information content (AvgIpc) is 3.82. The molecular formula is C44H67FN6O13S. The molecule has 1 aromatic carbocycles. The largest absolute Gasteiger partial charge is 0.458 e. The van der Waals surface area contributed by atoms with Crippen molar-refractivity contribution in [2.45, 2.75) is 152 Å². The fourth-order valence-electron chi connectivity index (χ4n) is 9.82. The summed E-state index contributed by atoms with van der Waals surface area (Å²) in [4.78, 5) is 57.3. The Morgan fingerprint density at radius 2 is 1.71 bits per heavy atom. The molecule has 0 spiro atoms. The number of nitrogens with zero attached hydrogens (tertiary/aromatic N) is 5. The number of methoxy groups -OCH3 is 1. The van der Waals surface area contributed by atoms with Crippen LogP contribution in [-0.2, 0) is 54.3 Å². The number of Topliss-reactive ketones (excluding diaryl/α,β-unsaturated/α-hetero) is 2. The number of sulfone groups is 1. The first-order valence-corrected chi connectivity index (χ1v) is 24.0. The molecule has 4 heterocycles. The minimum atomic E-state index is -3.47. The first-order chi connectivity index (χ1) is 30.3. The maximum absolute atomic E-state index is 14.4. The summed E-state index contributed by atoms with van der Waals surface area (Å²) >= 11 is 0. The van der Waals surface area contributed by atoms with Crippen LogP contribution in [0.4, 0.5) is 9.18 Å². The van der Waals surface area contributed by atoms with Gasteiger partial charge in [-0.3, -0.25) is 14.4 Å². The Morgan fingerprint density at radius 1 is 1.06 bits per heavy atom. The highest BCUT2D eigenvalue weighted by Gasteiger charge is 2.60. The molecule has 1 amide bonds. The Bertz CT molecular complexity index is 2130. The highest BCUT2D eigenvalue weighted by molar-refractivity contribution is 7.90. The number of aromatic nitrogens is 3. The number of cyclic esters (lactones) is 1. The van der Waals surface area contributed by atoms with Gasteiger partial charge >= 0.3 is 12.1 Å². The monoisotopic (exact) mass is 938 g/mol. The Labute approximate surface area is 380 Å². The summed E-state index contributed by atoms with van der Waals surface area (Å²) in [6.45, 7) is 12.5. The molecule has 3 aliphatic rings. The molecule has 1 aromatic heterocycles. The van der Waals surface area contributed by atoms with Gasteiger partial charge in [0.25, 0.3) is 0 Å². The molecule has 0 aliphatic carbocycles. The molecule has 2 aromatic rings. The number of likely N-dealkylation sites (N-methyl/N-ethyl adjacent to an activating group) is 1. The van der Waals surface area contributed by atoms with Crippen LogP contribution in [-0.4, -0.2) is 155 Å². The lowest BCUT2D eigenvalue weighted by Crippen LogP contribution is -2.61. The van der Waals surface area contributed by atoms with E-state index in [4.69, 9.17) is 29.5 Å². The van der Waals surface area contributed by atoms with E-state index in [-0.39, 0.29) is 23.5 Å². The van der Waals surface area contributed by atoms with Crippen LogP contribution < -0.4 is 5.84 Å². The van der Waals surface area contributed by atoms with Crippen LogP contribution >= 0.6 is 0 Å². The number of benzene rings is 1. The topological polar surface area (TPSA) is 252 Å². The lowest BCUT2D eigenvalue weighted by molar-refractivity contribution is -0.296. The quantitative estimate of drug-likeness (QED) is 0.113. The number of esters is 1. The molecule has 364 valence electrons. The summed E-state index contributed by atoms with van der Waals surface area (Å²) in [6.07, 6.45) is -4.00. The molecule has 4 N–H and O–H groups in total. The zero-order valence-electron chi connectivity index (χ0n) is 39.1. The van der Waals surface area contributed by atoms with E-state index in [0.717, 1.165) is 11.3 Å². The standard InChI is InChI=1S/C44H67FN6O13S/c1-12-33-44(8)38(51(46)42(57)64-44)25(4)34(52)23(2)20-43(7,60-10)39(26(5)35(53)27(6)40(56)62-33)63-41-37(55)31(19-24(3)61-41)49(9)18-17-29-22-50(48-47-29)32(21-45)36(54)28-13-15-30(16-14-28)65(11,58)59/h13-16,22-27,31-33,36-39,41,54-55H,12,17-21,46H2,1-11H3/t23-,24-,25+,26+,27-,31+,32-,33-,36-,37-,38+,39-,41+,43-,44-/m1/s1. The van der Waals surface area contributed by atoms with Crippen molar-refractivity contribution in [1.82, 2.24) is 24.9 Å². The van der Waals surface area contributed by atoms with Gasteiger partial charge in [-0.1, -0.05) is 45.0 Å². The number of alkyl halides is 1. The minimum absolute atomic E-state index is 0.0198. The summed E-state index contributed by atoms with van der Waals surface area (Å²) in [5.41, 5.74) is -2.13. The number of amides is 1. The Balaban J connectivity index is 1.36.